The van der Waals surface area contributed by atoms with Gasteiger partial charge in [-0.05, 0) is 45.4 Å². The fourth-order valence-electron chi connectivity index (χ4n) is 3.72. The van der Waals surface area contributed by atoms with E-state index in [-0.39, 0.29) is 5.54 Å². The lowest BCUT2D eigenvalue weighted by molar-refractivity contribution is 0.169. The Morgan fingerprint density at radius 1 is 1.30 bits per heavy atom. The van der Waals surface area contributed by atoms with Crippen molar-refractivity contribution in [2.24, 2.45) is 5.92 Å². The summed E-state index contributed by atoms with van der Waals surface area (Å²) in [6.45, 7) is 5.52. The van der Waals surface area contributed by atoms with E-state index in [0.717, 1.165) is 18.5 Å². The number of rotatable bonds is 4. The first-order chi connectivity index (χ1) is 9.65. The highest BCUT2D eigenvalue weighted by Crippen LogP contribution is 2.32. The highest BCUT2D eigenvalue weighted by Gasteiger charge is 2.32. The standard InChI is InChI=1S/C16H27N3S/c1-16(2,15-17-9-10-20-15)18-11-13-8-7-12-5-3-4-6-14(12)19-13/h9-10,12-14,18-19H,3-8,11H2,1-2H3. The Morgan fingerprint density at radius 2 is 2.15 bits per heavy atom. The van der Waals surface area contributed by atoms with Crippen LogP contribution in [0.1, 0.15) is 57.4 Å². The number of nitrogens with one attached hydrogen (secondary N) is 2. The molecule has 0 radical (unpaired) electrons. The molecule has 2 heterocycles. The zero-order chi connectivity index (χ0) is 14.0. The van der Waals surface area contributed by atoms with Crippen molar-refractivity contribution in [3.63, 3.8) is 0 Å². The average molecular weight is 293 g/mol. The molecule has 112 valence electrons. The second kappa shape index (κ2) is 6.12. The summed E-state index contributed by atoms with van der Waals surface area (Å²) in [6.07, 6.45) is 10.3. The minimum Gasteiger partial charge on any atom is -0.310 e. The number of aromatic nitrogens is 1. The van der Waals surface area contributed by atoms with Gasteiger partial charge in [0.15, 0.2) is 0 Å². The second-order valence-electron chi connectivity index (χ2n) is 6.94. The largest absolute Gasteiger partial charge is 0.310 e. The van der Waals surface area contributed by atoms with Crippen LogP contribution in [-0.2, 0) is 5.54 Å². The van der Waals surface area contributed by atoms with Gasteiger partial charge in [-0.2, -0.15) is 0 Å². The van der Waals surface area contributed by atoms with Gasteiger partial charge in [0.1, 0.15) is 5.01 Å². The molecule has 3 unspecified atom stereocenters. The van der Waals surface area contributed by atoms with Gasteiger partial charge in [-0.1, -0.05) is 12.8 Å². The van der Waals surface area contributed by atoms with Crippen LogP contribution in [0.25, 0.3) is 0 Å². The molecule has 0 spiro atoms. The quantitative estimate of drug-likeness (QED) is 0.894. The molecule has 1 aromatic heterocycles. The number of thiazole rings is 1. The van der Waals surface area contributed by atoms with Gasteiger partial charge in [-0.3, -0.25) is 0 Å². The van der Waals surface area contributed by atoms with Crippen LogP contribution in [0.3, 0.4) is 0 Å². The summed E-state index contributed by atoms with van der Waals surface area (Å²) in [7, 11) is 0. The van der Waals surface area contributed by atoms with Gasteiger partial charge in [0, 0.05) is 30.2 Å². The van der Waals surface area contributed by atoms with Crippen molar-refractivity contribution in [2.45, 2.75) is 70.0 Å². The molecule has 1 aliphatic carbocycles. The van der Waals surface area contributed by atoms with Crippen LogP contribution < -0.4 is 10.6 Å². The van der Waals surface area contributed by atoms with Crippen LogP contribution in [0.5, 0.6) is 0 Å². The van der Waals surface area contributed by atoms with Crippen molar-refractivity contribution < 1.29 is 0 Å². The Kier molecular flexibility index (Phi) is 4.43. The molecule has 3 nitrogen and oxygen atoms in total. The third kappa shape index (κ3) is 3.23. The molecule has 1 aliphatic heterocycles. The summed E-state index contributed by atoms with van der Waals surface area (Å²) >= 11 is 1.74. The number of hydrogen-bond donors (Lipinski definition) is 2. The van der Waals surface area contributed by atoms with E-state index < -0.39 is 0 Å². The summed E-state index contributed by atoms with van der Waals surface area (Å²) in [6, 6.07) is 1.42. The molecule has 0 bridgehead atoms. The van der Waals surface area contributed by atoms with E-state index in [0.29, 0.717) is 6.04 Å². The average Bonchev–Trinajstić information content (AvgIpc) is 3.00. The zero-order valence-electron chi connectivity index (χ0n) is 12.7. The molecule has 1 saturated heterocycles. The molecule has 2 N–H and O–H groups in total. The maximum Gasteiger partial charge on any atom is 0.112 e. The lowest BCUT2D eigenvalue weighted by atomic mass is 9.78. The topological polar surface area (TPSA) is 37.0 Å². The lowest BCUT2D eigenvalue weighted by Gasteiger charge is -2.41. The Balaban J connectivity index is 1.51. The minimum atomic E-state index is -0.0146. The van der Waals surface area contributed by atoms with Gasteiger partial charge in [0.05, 0.1) is 5.54 Å². The Labute approximate surface area is 126 Å². The Morgan fingerprint density at radius 3 is 2.95 bits per heavy atom. The predicted octanol–water partition coefficient (Wildman–Crippen LogP) is 3.28. The molecule has 20 heavy (non-hydrogen) atoms. The molecule has 4 heteroatoms. The summed E-state index contributed by atoms with van der Waals surface area (Å²) in [5.41, 5.74) is -0.0146. The van der Waals surface area contributed by atoms with Gasteiger partial charge >= 0.3 is 0 Å². The molecule has 0 aromatic carbocycles. The van der Waals surface area contributed by atoms with Crippen molar-refractivity contribution in [3.05, 3.63) is 16.6 Å². The van der Waals surface area contributed by atoms with Gasteiger partial charge in [0.2, 0.25) is 0 Å². The summed E-state index contributed by atoms with van der Waals surface area (Å²) < 4.78 is 0. The molecular formula is C16H27N3S. The van der Waals surface area contributed by atoms with Crippen LogP contribution in [0.2, 0.25) is 0 Å². The predicted molar refractivity (Wildman–Crippen MR) is 85.0 cm³/mol. The van der Waals surface area contributed by atoms with E-state index >= 15 is 0 Å². The Bertz CT molecular complexity index is 415. The smallest absolute Gasteiger partial charge is 0.112 e. The number of piperidine rings is 1. The number of fused-ring (bicyclic) bond motifs is 1. The van der Waals surface area contributed by atoms with Crippen molar-refractivity contribution in [1.82, 2.24) is 15.6 Å². The molecule has 3 rings (SSSR count). The molecule has 2 aliphatic rings. The molecule has 1 aromatic rings. The van der Waals surface area contributed by atoms with Gasteiger partial charge in [-0.15, -0.1) is 11.3 Å². The maximum absolute atomic E-state index is 4.45. The second-order valence-corrected chi connectivity index (χ2v) is 7.83. The van der Waals surface area contributed by atoms with E-state index in [4.69, 9.17) is 0 Å². The van der Waals surface area contributed by atoms with E-state index in [9.17, 15) is 0 Å². The highest BCUT2D eigenvalue weighted by molar-refractivity contribution is 7.09. The fraction of sp³-hybridized carbons (Fsp3) is 0.812. The third-order valence-electron chi connectivity index (χ3n) is 5.00. The third-order valence-corrected chi connectivity index (χ3v) is 6.10. The Hall–Kier alpha value is -0.450. The first-order valence-corrected chi connectivity index (χ1v) is 8.94. The molecule has 0 amide bonds. The maximum atomic E-state index is 4.45. The number of nitrogens with zero attached hydrogens (tertiary/aromatic N) is 1. The molecule has 2 fully saturated rings. The van der Waals surface area contributed by atoms with Gasteiger partial charge in [-0.25, -0.2) is 4.98 Å². The fourth-order valence-corrected chi connectivity index (χ4v) is 4.46. The van der Waals surface area contributed by atoms with E-state index in [1.807, 2.05) is 6.20 Å². The molecule has 1 saturated carbocycles. The zero-order valence-corrected chi connectivity index (χ0v) is 13.5. The molecule has 3 atom stereocenters. The van der Waals surface area contributed by atoms with E-state index in [1.54, 1.807) is 11.3 Å². The van der Waals surface area contributed by atoms with Crippen molar-refractivity contribution >= 4 is 11.3 Å². The van der Waals surface area contributed by atoms with E-state index in [1.165, 1.54) is 43.5 Å². The minimum absolute atomic E-state index is 0.0146. The van der Waals surface area contributed by atoms with Crippen LogP contribution >= 0.6 is 11.3 Å². The number of hydrogen-bond acceptors (Lipinski definition) is 4. The van der Waals surface area contributed by atoms with Crippen molar-refractivity contribution in [2.75, 3.05) is 6.54 Å². The summed E-state index contributed by atoms with van der Waals surface area (Å²) in [4.78, 5) is 4.45. The van der Waals surface area contributed by atoms with Crippen molar-refractivity contribution in [1.29, 1.82) is 0 Å². The van der Waals surface area contributed by atoms with E-state index in [2.05, 4.69) is 34.8 Å². The van der Waals surface area contributed by atoms with Gasteiger partial charge in [0.25, 0.3) is 0 Å². The van der Waals surface area contributed by atoms with Crippen LogP contribution in [-0.4, -0.2) is 23.6 Å². The van der Waals surface area contributed by atoms with Crippen LogP contribution in [0.15, 0.2) is 11.6 Å². The SMILES string of the molecule is CC(C)(NCC1CCC2CCCCC2N1)c1nccs1. The lowest BCUT2D eigenvalue weighted by Crippen LogP contribution is -2.54. The first kappa shape index (κ1) is 14.5. The van der Waals surface area contributed by atoms with Crippen LogP contribution in [0.4, 0.5) is 0 Å². The first-order valence-electron chi connectivity index (χ1n) is 8.06. The monoisotopic (exact) mass is 293 g/mol. The summed E-state index contributed by atoms with van der Waals surface area (Å²) in [5.74, 6) is 0.951. The highest BCUT2D eigenvalue weighted by atomic mass is 32.1. The summed E-state index contributed by atoms with van der Waals surface area (Å²) in [5, 5.41) is 10.8. The van der Waals surface area contributed by atoms with Crippen LogP contribution in [0, 0.1) is 5.92 Å². The normalized spacial score (nSPS) is 31.0. The molecular weight excluding hydrogens is 266 g/mol. The van der Waals surface area contributed by atoms with Crippen molar-refractivity contribution in [3.8, 4) is 0 Å². The van der Waals surface area contributed by atoms with Gasteiger partial charge < -0.3 is 10.6 Å².